The molecule has 1 atom stereocenters. The number of methoxy groups -OCH3 is 1. The van der Waals surface area contributed by atoms with Gasteiger partial charge in [0.05, 0.1) is 12.1 Å². The molecule has 0 spiro atoms. The van der Waals surface area contributed by atoms with Crippen LogP contribution in [0.4, 0.5) is 5.82 Å². The Morgan fingerprint density at radius 2 is 2.29 bits per heavy atom. The molecule has 5 nitrogen and oxygen atoms in total. The fraction of sp³-hybridized carbons (Fsp3) is 0.375. The van der Waals surface area contributed by atoms with E-state index in [0.717, 1.165) is 30.4 Å². The number of para-hydroxylation sites is 1. The van der Waals surface area contributed by atoms with Gasteiger partial charge in [-0.15, -0.1) is 0 Å². The molecule has 110 valence electrons. The van der Waals surface area contributed by atoms with Crippen LogP contribution in [0.1, 0.15) is 16.8 Å². The van der Waals surface area contributed by atoms with Crippen LogP contribution in [0.2, 0.25) is 0 Å². The van der Waals surface area contributed by atoms with Crippen molar-refractivity contribution in [2.24, 2.45) is 5.92 Å². The van der Waals surface area contributed by atoms with Gasteiger partial charge in [-0.2, -0.15) is 0 Å². The second-order valence-corrected chi connectivity index (χ2v) is 5.41. The largest absolute Gasteiger partial charge is 0.478 e. The summed E-state index contributed by atoms with van der Waals surface area (Å²) in [5.41, 5.74) is 1.10. The highest BCUT2D eigenvalue weighted by Gasteiger charge is 2.27. The van der Waals surface area contributed by atoms with Crippen molar-refractivity contribution in [3.05, 3.63) is 35.9 Å². The number of hydrogen-bond acceptors (Lipinski definition) is 4. The molecule has 0 saturated carbocycles. The minimum absolute atomic E-state index is 0.270. The number of benzene rings is 1. The minimum Gasteiger partial charge on any atom is -0.478 e. The number of aromatic nitrogens is 1. The van der Waals surface area contributed by atoms with Crippen molar-refractivity contribution < 1.29 is 14.6 Å². The monoisotopic (exact) mass is 286 g/mol. The van der Waals surface area contributed by atoms with Crippen LogP contribution < -0.4 is 4.90 Å². The average molecular weight is 286 g/mol. The van der Waals surface area contributed by atoms with Gasteiger partial charge in [-0.3, -0.25) is 0 Å². The van der Waals surface area contributed by atoms with Gasteiger partial charge < -0.3 is 14.7 Å². The van der Waals surface area contributed by atoms with Gasteiger partial charge in [0.15, 0.2) is 0 Å². The predicted octanol–water partition coefficient (Wildman–Crippen LogP) is 2.41. The van der Waals surface area contributed by atoms with E-state index in [1.807, 2.05) is 24.3 Å². The summed E-state index contributed by atoms with van der Waals surface area (Å²) in [4.78, 5) is 18.2. The SMILES string of the molecule is COCC1CCN(c2nc3ccccc3cc2C(=O)O)C1. The fourth-order valence-corrected chi connectivity index (χ4v) is 2.90. The lowest BCUT2D eigenvalue weighted by atomic mass is 10.1. The predicted molar refractivity (Wildman–Crippen MR) is 80.9 cm³/mol. The van der Waals surface area contributed by atoms with Crippen molar-refractivity contribution >= 4 is 22.7 Å². The van der Waals surface area contributed by atoms with E-state index in [1.54, 1.807) is 13.2 Å². The van der Waals surface area contributed by atoms with Crippen LogP contribution in [0.3, 0.4) is 0 Å². The minimum atomic E-state index is -0.932. The Labute approximate surface area is 123 Å². The molecular formula is C16H18N2O3. The molecule has 21 heavy (non-hydrogen) atoms. The van der Waals surface area contributed by atoms with E-state index in [2.05, 4.69) is 9.88 Å². The first-order chi connectivity index (χ1) is 10.2. The van der Waals surface area contributed by atoms with Gasteiger partial charge in [-0.05, 0) is 18.6 Å². The van der Waals surface area contributed by atoms with Gasteiger partial charge in [0, 0.05) is 31.5 Å². The molecule has 2 heterocycles. The summed E-state index contributed by atoms with van der Waals surface area (Å²) in [7, 11) is 1.69. The number of carboxylic acid groups (broad SMARTS) is 1. The van der Waals surface area contributed by atoms with Gasteiger partial charge in [-0.25, -0.2) is 9.78 Å². The van der Waals surface area contributed by atoms with Gasteiger partial charge in [0.2, 0.25) is 0 Å². The third kappa shape index (κ3) is 2.69. The van der Waals surface area contributed by atoms with E-state index in [-0.39, 0.29) is 5.56 Å². The molecule has 1 fully saturated rings. The summed E-state index contributed by atoms with van der Waals surface area (Å²) in [6.07, 6.45) is 1.00. The number of carbonyl (C=O) groups is 1. The van der Waals surface area contributed by atoms with Crippen molar-refractivity contribution in [3.8, 4) is 0 Å². The lowest BCUT2D eigenvalue weighted by Gasteiger charge is -2.20. The summed E-state index contributed by atoms with van der Waals surface area (Å²) in [5, 5.41) is 10.3. The van der Waals surface area contributed by atoms with E-state index in [9.17, 15) is 9.90 Å². The molecule has 2 aromatic rings. The first-order valence-electron chi connectivity index (χ1n) is 7.06. The number of carboxylic acids is 1. The number of rotatable bonds is 4. The standard InChI is InChI=1S/C16H18N2O3/c1-21-10-11-6-7-18(9-11)15-13(16(19)20)8-12-4-2-3-5-14(12)17-15/h2-5,8,11H,6-7,9-10H2,1H3,(H,19,20). The summed E-state index contributed by atoms with van der Waals surface area (Å²) in [5.74, 6) is 0.0724. The van der Waals surface area contributed by atoms with Crippen LogP contribution >= 0.6 is 0 Å². The second-order valence-electron chi connectivity index (χ2n) is 5.41. The maximum atomic E-state index is 11.5. The molecule has 1 aromatic carbocycles. The topological polar surface area (TPSA) is 62.7 Å². The number of anilines is 1. The van der Waals surface area contributed by atoms with Gasteiger partial charge >= 0.3 is 5.97 Å². The molecule has 0 radical (unpaired) electrons. The summed E-state index contributed by atoms with van der Waals surface area (Å²) in [6.45, 7) is 2.31. The third-order valence-electron chi connectivity index (χ3n) is 3.92. The summed E-state index contributed by atoms with van der Waals surface area (Å²) < 4.78 is 5.19. The number of ether oxygens (including phenoxy) is 1. The Bertz CT molecular complexity index is 672. The van der Waals surface area contributed by atoms with Crippen molar-refractivity contribution in [1.82, 2.24) is 4.98 Å². The molecule has 1 aromatic heterocycles. The first-order valence-corrected chi connectivity index (χ1v) is 7.06. The zero-order chi connectivity index (χ0) is 14.8. The molecule has 1 aliphatic rings. The maximum Gasteiger partial charge on any atom is 0.339 e. The van der Waals surface area contributed by atoms with Crippen molar-refractivity contribution in [3.63, 3.8) is 0 Å². The number of aromatic carboxylic acids is 1. The number of hydrogen-bond donors (Lipinski definition) is 1. The Morgan fingerprint density at radius 1 is 1.48 bits per heavy atom. The van der Waals surface area contributed by atoms with E-state index in [4.69, 9.17) is 4.74 Å². The highest BCUT2D eigenvalue weighted by molar-refractivity contribution is 5.98. The Kier molecular flexibility index (Phi) is 3.75. The Morgan fingerprint density at radius 3 is 3.05 bits per heavy atom. The molecule has 0 bridgehead atoms. The molecule has 1 unspecified atom stereocenters. The third-order valence-corrected chi connectivity index (χ3v) is 3.92. The smallest absolute Gasteiger partial charge is 0.339 e. The zero-order valence-corrected chi connectivity index (χ0v) is 12.0. The molecule has 1 aliphatic heterocycles. The maximum absolute atomic E-state index is 11.5. The highest BCUT2D eigenvalue weighted by atomic mass is 16.5. The molecule has 3 rings (SSSR count). The Hall–Kier alpha value is -2.14. The van der Waals surface area contributed by atoms with Gasteiger partial charge in [0.1, 0.15) is 11.4 Å². The molecule has 0 amide bonds. The van der Waals surface area contributed by atoms with E-state index in [0.29, 0.717) is 18.3 Å². The molecular weight excluding hydrogens is 268 g/mol. The first kappa shape index (κ1) is 13.8. The molecule has 5 heteroatoms. The number of fused-ring (bicyclic) bond motifs is 1. The normalized spacial score (nSPS) is 18.3. The van der Waals surface area contributed by atoms with Crippen LogP contribution in [0.15, 0.2) is 30.3 Å². The van der Waals surface area contributed by atoms with Crippen LogP contribution in [0.25, 0.3) is 10.9 Å². The molecule has 0 aliphatic carbocycles. The summed E-state index contributed by atoms with van der Waals surface area (Å²) in [6, 6.07) is 9.31. The van der Waals surface area contributed by atoms with E-state index < -0.39 is 5.97 Å². The lowest BCUT2D eigenvalue weighted by molar-refractivity contribution is 0.0697. The lowest BCUT2D eigenvalue weighted by Crippen LogP contribution is -2.24. The number of nitrogens with zero attached hydrogens (tertiary/aromatic N) is 2. The van der Waals surface area contributed by atoms with E-state index >= 15 is 0 Å². The van der Waals surface area contributed by atoms with Gasteiger partial charge in [0.25, 0.3) is 0 Å². The second kappa shape index (κ2) is 5.69. The van der Waals surface area contributed by atoms with Crippen molar-refractivity contribution in [2.45, 2.75) is 6.42 Å². The zero-order valence-electron chi connectivity index (χ0n) is 12.0. The average Bonchev–Trinajstić information content (AvgIpc) is 2.94. The van der Waals surface area contributed by atoms with Crippen LogP contribution in [0, 0.1) is 5.92 Å². The van der Waals surface area contributed by atoms with Crippen LogP contribution in [-0.4, -0.2) is 42.9 Å². The van der Waals surface area contributed by atoms with Crippen molar-refractivity contribution in [2.75, 3.05) is 31.7 Å². The Balaban J connectivity index is 2.00. The van der Waals surface area contributed by atoms with Gasteiger partial charge in [-0.1, -0.05) is 18.2 Å². The summed E-state index contributed by atoms with van der Waals surface area (Å²) >= 11 is 0. The quantitative estimate of drug-likeness (QED) is 0.935. The fourth-order valence-electron chi connectivity index (χ4n) is 2.90. The van der Waals surface area contributed by atoms with Crippen LogP contribution in [-0.2, 0) is 4.74 Å². The van der Waals surface area contributed by atoms with Crippen molar-refractivity contribution in [1.29, 1.82) is 0 Å². The number of pyridine rings is 1. The van der Waals surface area contributed by atoms with E-state index in [1.165, 1.54) is 0 Å². The highest BCUT2D eigenvalue weighted by Crippen LogP contribution is 2.28. The molecule has 1 N–H and O–H groups in total. The molecule has 1 saturated heterocycles. The van der Waals surface area contributed by atoms with Crippen LogP contribution in [0.5, 0.6) is 0 Å².